The van der Waals surface area contributed by atoms with E-state index in [1.807, 2.05) is 18.2 Å². The molecule has 0 unspecified atom stereocenters. The first-order valence-corrected chi connectivity index (χ1v) is 8.43. The minimum absolute atomic E-state index is 0.0760. The number of hydrogen-bond acceptors (Lipinski definition) is 2. The summed E-state index contributed by atoms with van der Waals surface area (Å²) >= 11 is 0. The number of amides is 2. The predicted molar refractivity (Wildman–Crippen MR) is 87.8 cm³/mol. The molecule has 1 aliphatic heterocycles. The first kappa shape index (κ1) is 15.1. The average Bonchev–Trinajstić information content (AvgIpc) is 2.94. The van der Waals surface area contributed by atoms with Crippen LogP contribution in [0, 0.1) is 5.92 Å². The second-order valence-electron chi connectivity index (χ2n) is 6.51. The summed E-state index contributed by atoms with van der Waals surface area (Å²) in [5, 5.41) is 5.91. The van der Waals surface area contributed by atoms with Crippen molar-refractivity contribution in [2.24, 2.45) is 5.92 Å². The summed E-state index contributed by atoms with van der Waals surface area (Å²) in [5.41, 5.74) is 2.83. The van der Waals surface area contributed by atoms with Crippen LogP contribution in [0.2, 0.25) is 0 Å². The SMILES string of the molecule is O=C(CCC1CCCC1)Nc1ccc2c(c1)CCCC(=O)N2. The topological polar surface area (TPSA) is 58.2 Å². The van der Waals surface area contributed by atoms with E-state index >= 15 is 0 Å². The number of nitrogens with one attached hydrogen (secondary N) is 2. The Labute approximate surface area is 131 Å². The lowest BCUT2D eigenvalue weighted by Gasteiger charge is -2.12. The predicted octanol–water partition coefficient (Wildman–Crippen LogP) is 3.87. The molecule has 4 nitrogen and oxygen atoms in total. The molecule has 1 aromatic rings. The Morgan fingerprint density at radius 2 is 2.00 bits per heavy atom. The molecule has 4 heteroatoms. The normalized spacial score (nSPS) is 18.5. The van der Waals surface area contributed by atoms with Crippen LogP contribution < -0.4 is 10.6 Å². The average molecular weight is 300 g/mol. The molecule has 1 aliphatic carbocycles. The van der Waals surface area contributed by atoms with Crippen LogP contribution in [0.4, 0.5) is 11.4 Å². The summed E-state index contributed by atoms with van der Waals surface area (Å²) in [7, 11) is 0. The van der Waals surface area contributed by atoms with Crippen LogP contribution in [0.5, 0.6) is 0 Å². The van der Waals surface area contributed by atoms with Crippen molar-refractivity contribution in [1.29, 1.82) is 0 Å². The van der Waals surface area contributed by atoms with Crippen molar-refractivity contribution >= 4 is 23.2 Å². The Morgan fingerprint density at radius 1 is 1.18 bits per heavy atom. The minimum atomic E-state index is 0.0760. The molecule has 3 rings (SSSR count). The summed E-state index contributed by atoms with van der Waals surface area (Å²) in [4.78, 5) is 23.6. The van der Waals surface area contributed by atoms with Crippen LogP contribution in [0.25, 0.3) is 0 Å². The van der Waals surface area contributed by atoms with Crippen molar-refractivity contribution in [2.45, 2.75) is 57.8 Å². The fourth-order valence-corrected chi connectivity index (χ4v) is 3.51. The van der Waals surface area contributed by atoms with Crippen LogP contribution in [0.15, 0.2) is 18.2 Å². The monoisotopic (exact) mass is 300 g/mol. The first-order valence-electron chi connectivity index (χ1n) is 8.43. The maximum absolute atomic E-state index is 12.1. The zero-order chi connectivity index (χ0) is 15.4. The Balaban J connectivity index is 1.57. The van der Waals surface area contributed by atoms with Crippen molar-refractivity contribution in [3.63, 3.8) is 0 Å². The van der Waals surface area contributed by atoms with E-state index in [1.165, 1.54) is 25.7 Å². The highest BCUT2D eigenvalue weighted by atomic mass is 16.2. The van der Waals surface area contributed by atoms with Gasteiger partial charge in [0.15, 0.2) is 0 Å². The summed E-state index contributed by atoms with van der Waals surface area (Å²) in [5.74, 6) is 0.921. The smallest absolute Gasteiger partial charge is 0.224 e. The largest absolute Gasteiger partial charge is 0.326 e. The minimum Gasteiger partial charge on any atom is -0.326 e. The van der Waals surface area contributed by atoms with E-state index in [0.29, 0.717) is 12.8 Å². The third-order valence-electron chi connectivity index (χ3n) is 4.77. The number of benzene rings is 1. The molecule has 0 aromatic heterocycles. The molecule has 2 N–H and O–H groups in total. The van der Waals surface area contributed by atoms with Gasteiger partial charge in [-0.15, -0.1) is 0 Å². The van der Waals surface area contributed by atoms with Gasteiger partial charge in [-0.2, -0.15) is 0 Å². The van der Waals surface area contributed by atoms with Gasteiger partial charge in [0.25, 0.3) is 0 Å². The third kappa shape index (κ3) is 3.87. The highest BCUT2D eigenvalue weighted by Crippen LogP contribution is 2.29. The molecule has 1 saturated carbocycles. The molecule has 22 heavy (non-hydrogen) atoms. The van der Waals surface area contributed by atoms with E-state index < -0.39 is 0 Å². The summed E-state index contributed by atoms with van der Waals surface area (Å²) in [6, 6.07) is 5.76. The van der Waals surface area contributed by atoms with E-state index in [0.717, 1.165) is 42.1 Å². The number of fused-ring (bicyclic) bond motifs is 1. The Bertz CT molecular complexity index is 562. The molecule has 2 aliphatic rings. The van der Waals surface area contributed by atoms with Crippen LogP contribution in [-0.2, 0) is 16.0 Å². The number of aryl methyl sites for hydroxylation is 1. The van der Waals surface area contributed by atoms with Crippen LogP contribution in [0.3, 0.4) is 0 Å². The third-order valence-corrected chi connectivity index (χ3v) is 4.77. The molecule has 1 heterocycles. The molecule has 1 aromatic carbocycles. The van der Waals surface area contributed by atoms with Crippen LogP contribution in [-0.4, -0.2) is 11.8 Å². The first-order chi connectivity index (χ1) is 10.7. The maximum Gasteiger partial charge on any atom is 0.224 e. The van der Waals surface area contributed by atoms with E-state index in [4.69, 9.17) is 0 Å². The fourth-order valence-electron chi connectivity index (χ4n) is 3.51. The van der Waals surface area contributed by atoms with E-state index in [2.05, 4.69) is 10.6 Å². The van der Waals surface area contributed by atoms with Gasteiger partial charge in [-0.3, -0.25) is 9.59 Å². The summed E-state index contributed by atoms with van der Waals surface area (Å²) < 4.78 is 0. The lowest BCUT2D eigenvalue weighted by Crippen LogP contribution is -2.13. The van der Waals surface area contributed by atoms with Gasteiger partial charge in [0.05, 0.1) is 0 Å². The number of carbonyl (C=O) groups excluding carboxylic acids is 2. The van der Waals surface area contributed by atoms with Crippen molar-refractivity contribution in [3.05, 3.63) is 23.8 Å². The van der Waals surface area contributed by atoms with Gasteiger partial charge in [-0.25, -0.2) is 0 Å². The lowest BCUT2D eigenvalue weighted by molar-refractivity contribution is -0.117. The van der Waals surface area contributed by atoms with Gasteiger partial charge < -0.3 is 10.6 Å². The number of hydrogen-bond donors (Lipinski definition) is 2. The van der Waals surface area contributed by atoms with Crippen molar-refractivity contribution in [1.82, 2.24) is 0 Å². The maximum atomic E-state index is 12.1. The summed E-state index contributed by atoms with van der Waals surface area (Å²) in [6.07, 6.45) is 9.13. The quantitative estimate of drug-likeness (QED) is 0.886. The van der Waals surface area contributed by atoms with E-state index in [-0.39, 0.29) is 11.8 Å². The number of rotatable bonds is 4. The standard InChI is InChI=1S/C18H24N2O2/c21-17-7-3-6-14-12-15(9-10-16(14)20-17)19-18(22)11-8-13-4-1-2-5-13/h9-10,12-13H,1-8,11H2,(H,19,22)(H,20,21). The molecular weight excluding hydrogens is 276 g/mol. The van der Waals surface area contributed by atoms with Crippen LogP contribution >= 0.6 is 0 Å². The molecule has 0 atom stereocenters. The zero-order valence-electron chi connectivity index (χ0n) is 13.0. The highest BCUT2D eigenvalue weighted by molar-refractivity contribution is 5.94. The number of anilines is 2. The van der Waals surface area contributed by atoms with Gasteiger partial charge in [0, 0.05) is 24.2 Å². The molecule has 0 saturated heterocycles. The molecule has 0 spiro atoms. The van der Waals surface area contributed by atoms with Crippen molar-refractivity contribution in [2.75, 3.05) is 10.6 Å². The molecular formula is C18H24N2O2. The van der Waals surface area contributed by atoms with Gasteiger partial charge >= 0.3 is 0 Å². The van der Waals surface area contributed by atoms with Gasteiger partial charge in [-0.05, 0) is 48.9 Å². The van der Waals surface area contributed by atoms with Crippen LogP contribution in [0.1, 0.15) is 56.9 Å². The summed E-state index contributed by atoms with van der Waals surface area (Å²) in [6.45, 7) is 0. The highest BCUT2D eigenvalue weighted by Gasteiger charge is 2.17. The molecule has 0 radical (unpaired) electrons. The molecule has 2 amide bonds. The number of carbonyl (C=O) groups is 2. The Morgan fingerprint density at radius 3 is 2.82 bits per heavy atom. The molecule has 118 valence electrons. The second kappa shape index (κ2) is 6.95. The van der Waals surface area contributed by atoms with Gasteiger partial charge in [0.1, 0.15) is 0 Å². The van der Waals surface area contributed by atoms with E-state index in [9.17, 15) is 9.59 Å². The van der Waals surface area contributed by atoms with Gasteiger partial charge in [0.2, 0.25) is 11.8 Å². The van der Waals surface area contributed by atoms with Gasteiger partial charge in [-0.1, -0.05) is 25.7 Å². The zero-order valence-corrected chi connectivity index (χ0v) is 13.0. The fraction of sp³-hybridized carbons (Fsp3) is 0.556. The Hall–Kier alpha value is -1.84. The molecule has 1 fully saturated rings. The molecule has 0 bridgehead atoms. The van der Waals surface area contributed by atoms with Crippen molar-refractivity contribution < 1.29 is 9.59 Å². The lowest BCUT2D eigenvalue weighted by atomic mass is 10.0. The second-order valence-corrected chi connectivity index (χ2v) is 6.51. The van der Waals surface area contributed by atoms with Crippen molar-refractivity contribution in [3.8, 4) is 0 Å². The van der Waals surface area contributed by atoms with E-state index in [1.54, 1.807) is 0 Å². The Kier molecular flexibility index (Phi) is 4.76.